The summed E-state index contributed by atoms with van der Waals surface area (Å²) in [5, 5.41) is 6.65. The van der Waals surface area contributed by atoms with Crippen LogP contribution in [0.5, 0.6) is 0 Å². The largest absolute Gasteiger partial charge is 0.418 e. The molecule has 0 spiro atoms. The van der Waals surface area contributed by atoms with E-state index in [-0.39, 0.29) is 6.29 Å². The Morgan fingerprint density at radius 3 is 2.17 bits per heavy atom. The van der Waals surface area contributed by atoms with Crippen LogP contribution in [0.4, 0.5) is 13.2 Å². The van der Waals surface area contributed by atoms with E-state index in [9.17, 15) is 18.0 Å². The lowest BCUT2D eigenvalue weighted by Crippen LogP contribution is -2.20. The maximum absolute atomic E-state index is 11.9. The van der Waals surface area contributed by atoms with Gasteiger partial charge in [0.25, 0.3) is 0 Å². The Kier molecular flexibility index (Phi) is 3.40. The minimum Gasteiger partial charge on any atom is -0.297 e. The molecular weight excluding hydrogens is 171 g/mol. The summed E-state index contributed by atoms with van der Waals surface area (Å²) in [4.78, 5) is 9.87. The molecule has 0 saturated carbocycles. The number of allylic oxidation sites excluding steroid dienone is 3. The molecule has 0 aromatic rings. The fourth-order valence-electron chi connectivity index (χ4n) is 0.518. The van der Waals surface area contributed by atoms with Gasteiger partial charge < -0.3 is 0 Å². The average molecular weight is 177 g/mol. The highest BCUT2D eigenvalue weighted by Crippen LogP contribution is 2.25. The number of nitrogens with one attached hydrogen (secondary N) is 1. The maximum atomic E-state index is 11.9. The fraction of sp³-hybridized carbons (Fsp3) is 0.143. The van der Waals surface area contributed by atoms with Crippen LogP contribution < -0.4 is 0 Å². The monoisotopic (exact) mass is 177 g/mol. The average Bonchev–Trinajstić information content (AvgIpc) is 1.96. The molecular formula is C7H6F3NO. The predicted octanol–water partition coefficient (Wildman–Crippen LogP) is 1.88. The zero-order chi connectivity index (χ0) is 9.78. The van der Waals surface area contributed by atoms with Gasteiger partial charge in [-0.1, -0.05) is 12.7 Å². The molecule has 0 aliphatic rings. The van der Waals surface area contributed by atoms with Gasteiger partial charge in [0.15, 0.2) is 6.29 Å². The van der Waals surface area contributed by atoms with Gasteiger partial charge in [-0.3, -0.25) is 10.2 Å². The number of halogens is 3. The van der Waals surface area contributed by atoms with Crippen LogP contribution in [-0.4, -0.2) is 18.2 Å². The van der Waals surface area contributed by atoms with Crippen molar-refractivity contribution in [1.29, 1.82) is 5.41 Å². The molecule has 2 nitrogen and oxygen atoms in total. The number of carbonyl (C=O) groups is 1. The number of carbonyl (C=O) groups excluding carboxylic acids is 1. The van der Waals surface area contributed by atoms with Crippen LogP contribution in [0.2, 0.25) is 0 Å². The fourth-order valence-corrected chi connectivity index (χ4v) is 0.518. The van der Waals surface area contributed by atoms with E-state index in [1.807, 2.05) is 0 Å². The van der Waals surface area contributed by atoms with Crippen LogP contribution >= 0.6 is 0 Å². The van der Waals surface area contributed by atoms with E-state index in [0.29, 0.717) is 6.08 Å². The van der Waals surface area contributed by atoms with Gasteiger partial charge in [-0.05, 0) is 6.08 Å². The first kappa shape index (κ1) is 10.6. The summed E-state index contributed by atoms with van der Waals surface area (Å²) in [7, 11) is 0. The van der Waals surface area contributed by atoms with Crippen LogP contribution in [0.15, 0.2) is 24.3 Å². The van der Waals surface area contributed by atoms with Crippen LogP contribution in [0.3, 0.4) is 0 Å². The Bertz CT molecular complexity index is 240. The molecule has 0 bridgehead atoms. The minimum atomic E-state index is -4.67. The number of hydrogen-bond donors (Lipinski definition) is 1. The van der Waals surface area contributed by atoms with E-state index in [0.717, 1.165) is 6.08 Å². The first-order valence-corrected chi connectivity index (χ1v) is 2.87. The Hall–Kier alpha value is -1.39. The van der Waals surface area contributed by atoms with Crippen LogP contribution in [-0.2, 0) is 4.79 Å². The van der Waals surface area contributed by atoms with Crippen molar-refractivity contribution in [3.63, 3.8) is 0 Å². The van der Waals surface area contributed by atoms with Crippen molar-refractivity contribution < 1.29 is 18.0 Å². The third kappa shape index (κ3) is 2.69. The molecule has 0 aromatic heterocycles. The number of rotatable bonds is 3. The van der Waals surface area contributed by atoms with E-state index in [1.165, 1.54) is 0 Å². The molecule has 5 heteroatoms. The third-order valence-electron chi connectivity index (χ3n) is 0.998. The lowest BCUT2D eigenvalue weighted by molar-refractivity contribution is -0.104. The molecule has 66 valence electrons. The Morgan fingerprint density at radius 1 is 1.42 bits per heavy atom. The Morgan fingerprint density at radius 2 is 1.92 bits per heavy atom. The normalized spacial score (nSPS) is 12.4. The maximum Gasteiger partial charge on any atom is 0.418 e. The quantitative estimate of drug-likeness (QED) is 0.399. The van der Waals surface area contributed by atoms with Gasteiger partial charge in [0, 0.05) is 0 Å². The topological polar surface area (TPSA) is 40.9 Å². The summed E-state index contributed by atoms with van der Waals surface area (Å²) < 4.78 is 35.8. The molecule has 12 heavy (non-hydrogen) atoms. The van der Waals surface area contributed by atoms with Crippen molar-refractivity contribution in [1.82, 2.24) is 0 Å². The molecule has 0 atom stereocenters. The summed E-state index contributed by atoms with van der Waals surface area (Å²) in [6.07, 6.45) is -3.38. The lowest BCUT2D eigenvalue weighted by atomic mass is 10.1. The number of hydrogen-bond acceptors (Lipinski definition) is 2. The molecule has 0 aliphatic heterocycles. The van der Waals surface area contributed by atoms with Crippen molar-refractivity contribution in [3.8, 4) is 0 Å². The van der Waals surface area contributed by atoms with Crippen molar-refractivity contribution in [2.24, 2.45) is 0 Å². The van der Waals surface area contributed by atoms with Gasteiger partial charge in [-0.15, -0.1) is 0 Å². The van der Waals surface area contributed by atoms with Gasteiger partial charge >= 0.3 is 6.18 Å². The molecule has 0 heterocycles. The second-order valence-corrected chi connectivity index (χ2v) is 1.85. The van der Waals surface area contributed by atoms with E-state index < -0.39 is 17.5 Å². The first-order chi connectivity index (χ1) is 5.43. The lowest BCUT2D eigenvalue weighted by Gasteiger charge is -2.07. The smallest absolute Gasteiger partial charge is 0.297 e. The van der Waals surface area contributed by atoms with Crippen LogP contribution in [0.25, 0.3) is 0 Å². The number of alkyl halides is 3. The second kappa shape index (κ2) is 3.85. The standard InChI is InChI=1S/C7H6F3NO/c1-2-3-5(6(11)4-12)7(8,9)10/h2-4,11H,1H2/b5-3+,11-6?. The summed E-state index contributed by atoms with van der Waals surface area (Å²) >= 11 is 0. The first-order valence-electron chi connectivity index (χ1n) is 2.87. The van der Waals surface area contributed by atoms with Gasteiger partial charge in [0.2, 0.25) is 0 Å². The Balaban J connectivity index is 4.93. The summed E-state index contributed by atoms with van der Waals surface area (Å²) in [6.45, 7) is 3.04. The number of aldehydes is 1. The summed E-state index contributed by atoms with van der Waals surface area (Å²) in [5.74, 6) is 0. The van der Waals surface area contributed by atoms with Gasteiger partial charge in [-0.25, -0.2) is 0 Å². The van der Waals surface area contributed by atoms with E-state index >= 15 is 0 Å². The SMILES string of the molecule is C=C/C=C(\C(=N)C=O)C(F)(F)F. The molecule has 1 N–H and O–H groups in total. The van der Waals surface area contributed by atoms with E-state index in [2.05, 4.69) is 6.58 Å². The minimum absolute atomic E-state index is 0.164. The van der Waals surface area contributed by atoms with Crippen molar-refractivity contribution in [2.45, 2.75) is 6.18 Å². The Labute approximate surface area is 66.9 Å². The second-order valence-electron chi connectivity index (χ2n) is 1.85. The van der Waals surface area contributed by atoms with Gasteiger partial charge in [-0.2, -0.15) is 13.2 Å². The molecule has 0 unspecified atom stereocenters. The highest BCUT2D eigenvalue weighted by molar-refractivity contribution is 6.35. The zero-order valence-corrected chi connectivity index (χ0v) is 5.98. The van der Waals surface area contributed by atoms with Crippen LogP contribution in [0, 0.1) is 5.41 Å². The molecule has 0 rings (SSSR count). The van der Waals surface area contributed by atoms with Gasteiger partial charge in [0.05, 0.1) is 5.57 Å². The van der Waals surface area contributed by atoms with Gasteiger partial charge in [0.1, 0.15) is 5.71 Å². The third-order valence-corrected chi connectivity index (χ3v) is 0.998. The summed E-state index contributed by atoms with van der Waals surface area (Å²) in [6, 6.07) is 0. The molecule has 0 amide bonds. The molecule has 0 aromatic carbocycles. The predicted molar refractivity (Wildman–Crippen MR) is 38.1 cm³/mol. The van der Waals surface area contributed by atoms with Crippen molar-refractivity contribution >= 4 is 12.0 Å². The van der Waals surface area contributed by atoms with Crippen LogP contribution in [0.1, 0.15) is 0 Å². The summed E-state index contributed by atoms with van der Waals surface area (Å²) in [5.41, 5.74) is -2.38. The molecule has 0 aliphatic carbocycles. The molecule has 0 saturated heterocycles. The molecule has 0 radical (unpaired) electrons. The highest BCUT2D eigenvalue weighted by Gasteiger charge is 2.35. The highest BCUT2D eigenvalue weighted by atomic mass is 19.4. The zero-order valence-electron chi connectivity index (χ0n) is 5.98. The van der Waals surface area contributed by atoms with E-state index in [4.69, 9.17) is 5.41 Å². The molecule has 0 fully saturated rings. The van der Waals surface area contributed by atoms with Crippen molar-refractivity contribution in [2.75, 3.05) is 0 Å². The van der Waals surface area contributed by atoms with E-state index in [1.54, 1.807) is 0 Å². The van der Waals surface area contributed by atoms with Crippen molar-refractivity contribution in [3.05, 3.63) is 24.3 Å².